The summed E-state index contributed by atoms with van der Waals surface area (Å²) < 4.78 is 5.55. The number of ether oxygens (including phenoxy) is 1. The van der Waals surface area contributed by atoms with Crippen LogP contribution in [0.4, 0.5) is 0 Å². The first-order valence-electron chi connectivity index (χ1n) is 9.65. The summed E-state index contributed by atoms with van der Waals surface area (Å²) in [5.74, 6) is -0.338. The molecule has 1 aliphatic heterocycles. The van der Waals surface area contributed by atoms with Crippen LogP contribution >= 0.6 is 0 Å². The summed E-state index contributed by atoms with van der Waals surface area (Å²) in [4.78, 5) is 26.0. The van der Waals surface area contributed by atoms with E-state index in [1.165, 1.54) is 0 Å². The Morgan fingerprint density at radius 3 is 2.52 bits per heavy atom. The molecule has 1 aromatic rings. The van der Waals surface area contributed by atoms with Gasteiger partial charge in [-0.1, -0.05) is 58.0 Å². The van der Waals surface area contributed by atoms with E-state index in [0.717, 1.165) is 29.0 Å². The van der Waals surface area contributed by atoms with Gasteiger partial charge in [0.2, 0.25) is 0 Å². The van der Waals surface area contributed by atoms with Crippen molar-refractivity contribution in [3.63, 3.8) is 0 Å². The van der Waals surface area contributed by atoms with Gasteiger partial charge in [-0.15, -0.1) is 0 Å². The molecule has 1 aromatic carbocycles. The van der Waals surface area contributed by atoms with Crippen molar-refractivity contribution >= 4 is 11.8 Å². The second-order valence-corrected chi connectivity index (χ2v) is 8.83. The molecule has 1 aliphatic carbocycles. The first-order chi connectivity index (χ1) is 12.7. The normalized spacial score (nSPS) is 21.9. The molecule has 4 heteroatoms. The van der Waals surface area contributed by atoms with Gasteiger partial charge in [0, 0.05) is 29.3 Å². The number of carbonyl (C=O) groups excluding carboxylic acids is 2. The lowest BCUT2D eigenvalue weighted by Gasteiger charge is -2.39. The molecular formula is C23H29NO3. The fourth-order valence-corrected chi connectivity index (χ4v) is 4.01. The summed E-state index contributed by atoms with van der Waals surface area (Å²) in [7, 11) is 0. The summed E-state index contributed by atoms with van der Waals surface area (Å²) in [6.07, 6.45) is 1.29. The van der Waals surface area contributed by atoms with Crippen molar-refractivity contribution in [2.24, 2.45) is 11.3 Å². The van der Waals surface area contributed by atoms with Crippen LogP contribution in [0, 0.1) is 11.3 Å². The van der Waals surface area contributed by atoms with Gasteiger partial charge < -0.3 is 10.1 Å². The zero-order valence-electron chi connectivity index (χ0n) is 16.9. The van der Waals surface area contributed by atoms with E-state index in [-0.39, 0.29) is 29.0 Å². The van der Waals surface area contributed by atoms with E-state index in [9.17, 15) is 9.59 Å². The number of dihydropyridines is 1. The Labute approximate surface area is 161 Å². The monoisotopic (exact) mass is 367 g/mol. The number of hydrogen-bond donors (Lipinski definition) is 1. The number of rotatable bonds is 4. The van der Waals surface area contributed by atoms with Gasteiger partial charge in [0.1, 0.15) is 0 Å². The molecule has 1 atom stereocenters. The van der Waals surface area contributed by atoms with E-state index < -0.39 is 0 Å². The summed E-state index contributed by atoms with van der Waals surface area (Å²) >= 11 is 0. The third-order valence-electron chi connectivity index (χ3n) is 5.14. The zero-order chi connectivity index (χ0) is 19.8. The van der Waals surface area contributed by atoms with Crippen LogP contribution in [0.25, 0.3) is 0 Å². The third-order valence-corrected chi connectivity index (χ3v) is 5.14. The van der Waals surface area contributed by atoms with Crippen LogP contribution in [0.2, 0.25) is 0 Å². The second kappa shape index (κ2) is 7.34. The van der Waals surface area contributed by atoms with Gasteiger partial charge in [0.15, 0.2) is 5.78 Å². The Hall–Kier alpha value is -2.36. The fraction of sp³-hybridized carbons (Fsp3) is 0.478. The van der Waals surface area contributed by atoms with Crippen LogP contribution in [-0.4, -0.2) is 18.4 Å². The van der Waals surface area contributed by atoms with Crippen molar-refractivity contribution in [1.82, 2.24) is 5.32 Å². The second-order valence-electron chi connectivity index (χ2n) is 8.83. The molecule has 0 aromatic heterocycles. The van der Waals surface area contributed by atoms with Gasteiger partial charge in [-0.3, -0.25) is 4.79 Å². The Morgan fingerprint density at radius 1 is 1.22 bits per heavy atom. The van der Waals surface area contributed by atoms with E-state index in [1.54, 1.807) is 0 Å². The minimum Gasteiger partial charge on any atom is -0.462 e. The Bertz CT molecular complexity index is 815. The predicted molar refractivity (Wildman–Crippen MR) is 106 cm³/mol. The van der Waals surface area contributed by atoms with E-state index in [1.807, 2.05) is 51.1 Å². The number of allylic oxidation sites excluding steroid dienone is 3. The van der Waals surface area contributed by atoms with E-state index >= 15 is 0 Å². The average Bonchev–Trinajstić information content (AvgIpc) is 2.58. The zero-order valence-corrected chi connectivity index (χ0v) is 16.9. The fourth-order valence-electron chi connectivity index (χ4n) is 4.01. The highest BCUT2D eigenvalue weighted by atomic mass is 16.5. The summed E-state index contributed by atoms with van der Waals surface area (Å²) in [5.41, 5.74) is 3.87. The van der Waals surface area contributed by atoms with Crippen LogP contribution in [0.3, 0.4) is 0 Å². The quantitative estimate of drug-likeness (QED) is 0.797. The van der Waals surface area contributed by atoms with Gasteiger partial charge in [0.05, 0.1) is 12.2 Å². The lowest BCUT2D eigenvalue weighted by Crippen LogP contribution is -2.38. The Balaban J connectivity index is 2.08. The number of ketones is 1. The highest BCUT2D eigenvalue weighted by Crippen LogP contribution is 2.46. The lowest BCUT2D eigenvalue weighted by molar-refractivity contribution is -0.140. The highest BCUT2D eigenvalue weighted by molar-refractivity contribution is 6.04. The smallest absolute Gasteiger partial charge is 0.336 e. The number of nitrogens with one attached hydrogen (secondary N) is 1. The van der Waals surface area contributed by atoms with E-state index in [2.05, 4.69) is 19.2 Å². The molecule has 144 valence electrons. The Morgan fingerprint density at radius 2 is 1.89 bits per heavy atom. The summed E-state index contributed by atoms with van der Waals surface area (Å²) in [6.45, 7) is 10.5. The van der Waals surface area contributed by atoms with Crippen molar-refractivity contribution in [3.8, 4) is 0 Å². The van der Waals surface area contributed by atoms with Crippen LogP contribution in [-0.2, 0) is 14.3 Å². The number of hydrogen-bond acceptors (Lipinski definition) is 4. The summed E-state index contributed by atoms with van der Waals surface area (Å²) in [5, 5.41) is 3.36. The first-order valence-corrected chi connectivity index (χ1v) is 9.65. The van der Waals surface area contributed by atoms with E-state index in [4.69, 9.17) is 4.74 Å². The molecule has 0 bridgehead atoms. The third kappa shape index (κ3) is 4.00. The number of carbonyl (C=O) groups is 2. The molecule has 0 saturated carbocycles. The Kier molecular flexibility index (Phi) is 5.27. The molecular weight excluding hydrogens is 338 g/mol. The van der Waals surface area contributed by atoms with Gasteiger partial charge in [-0.2, -0.15) is 0 Å². The minimum absolute atomic E-state index is 0.0832. The standard InChI is InChI=1S/C23H29NO3/c1-14(2)13-27-22(26)19-15(3)24-17-11-23(4,5)12-18(25)21(17)20(19)16-9-7-6-8-10-16/h6-10,14,20,24H,11-13H2,1-5H3/t20-/m0/s1. The maximum Gasteiger partial charge on any atom is 0.336 e. The van der Waals surface area contributed by atoms with Crippen molar-refractivity contribution < 1.29 is 14.3 Å². The topological polar surface area (TPSA) is 55.4 Å². The molecule has 3 rings (SSSR count). The number of esters is 1. The van der Waals surface area contributed by atoms with Crippen LogP contribution < -0.4 is 5.32 Å². The molecule has 0 unspecified atom stereocenters. The molecule has 0 amide bonds. The average molecular weight is 367 g/mol. The molecule has 1 heterocycles. The molecule has 27 heavy (non-hydrogen) atoms. The minimum atomic E-state index is -0.370. The predicted octanol–water partition coefficient (Wildman–Crippen LogP) is 4.49. The SMILES string of the molecule is CC1=C(C(=O)OCC(C)C)[C@H](c2ccccc2)C2=C(CC(C)(C)CC2=O)N1. The summed E-state index contributed by atoms with van der Waals surface area (Å²) in [6, 6.07) is 9.80. The van der Waals surface area contributed by atoms with Gasteiger partial charge in [-0.25, -0.2) is 4.79 Å². The molecule has 0 fully saturated rings. The van der Waals surface area contributed by atoms with Gasteiger partial charge >= 0.3 is 5.97 Å². The van der Waals surface area contributed by atoms with Crippen molar-refractivity contribution in [2.45, 2.75) is 53.4 Å². The number of benzene rings is 1. The largest absolute Gasteiger partial charge is 0.462 e. The molecule has 0 radical (unpaired) electrons. The van der Waals surface area contributed by atoms with Crippen LogP contribution in [0.1, 0.15) is 58.9 Å². The van der Waals surface area contributed by atoms with Crippen molar-refractivity contribution in [1.29, 1.82) is 0 Å². The van der Waals surface area contributed by atoms with Gasteiger partial charge in [-0.05, 0) is 30.2 Å². The molecule has 1 N–H and O–H groups in total. The molecule has 0 saturated heterocycles. The first kappa shape index (κ1) is 19.4. The lowest BCUT2D eigenvalue weighted by atomic mass is 9.68. The van der Waals surface area contributed by atoms with Crippen LogP contribution in [0.15, 0.2) is 52.9 Å². The van der Waals surface area contributed by atoms with Crippen LogP contribution in [0.5, 0.6) is 0 Å². The number of Topliss-reactive ketones (excluding diaryl/α,β-unsaturated/α-hetero) is 1. The van der Waals surface area contributed by atoms with Crippen molar-refractivity contribution in [3.05, 3.63) is 58.4 Å². The maximum absolute atomic E-state index is 13.1. The van der Waals surface area contributed by atoms with E-state index in [0.29, 0.717) is 18.6 Å². The molecule has 4 nitrogen and oxygen atoms in total. The van der Waals surface area contributed by atoms with Gasteiger partial charge in [0.25, 0.3) is 0 Å². The maximum atomic E-state index is 13.1. The molecule has 0 spiro atoms. The molecule has 2 aliphatic rings. The highest BCUT2D eigenvalue weighted by Gasteiger charge is 2.43. The van der Waals surface area contributed by atoms with Crippen molar-refractivity contribution in [2.75, 3.05) is 6.61 Å².